The number of hydrogen-bond acceptors (Lipinski definition) is 2. The van der Waals surface area contributed by atoms with Crippen LogP contribution in [0.4, 0.5) is 0 Å². The summed E-state index contributed by atoms with van der Waals surface area (Å²) in [5.74, 6) is 0. The Bertz CT molecular complexity index is 425. The molecule has 0 spiro atoms. The lowest BCUT2D eigenvalue weighted by Crippen LogP contribution is -1.97. The molecule has 2 heterocycles. The van der Waals surface area contributed by atoms with Crippen molar-refractivity contribution in [2.75, 3.05) is 0 Å². The van der Waals surface area contributed by atoms with Crippen molar-refractivity contribution in [2.24, 2.45) is 0 Å². The Morgan fingerprint density at radius 1 is 1.50 bits per heavy atom. The molecule has 0 fully saturated rings. The van der Waals surface area contributed by atoms with Crippen LogP contribution in [0.5, 0.6) is 0 Å². The zero-order valence-electron chi connectivity index (χ0n) is 7.77. The summed E-state index contributed by atoms with van der Waals surface area (Å²) in [6.45, 7) is 1.00. The van der Waals surface area contributed by atoms with Gasteiger partial charge in [0.15, 0.2) is 4.77 Å². The van der Waals surface area contributed by atoms with Gasteiger partial charge in [0.05, 0.1) is 0 Å². The SMILES string of the molecule is S=c1[nH]ccn1CCCc1cccs1. The average Bonchev–Trinajstić information content (AvgIpc) is 2.78. The highest BCUT2D eigenvalue weighted by molar-refractivity contribution is 7.71. The maximum Gasteiger partial charge on any atom is 0.177 e. The van der Waals surface area contributed by atoms with Crippen LogP contribution in [0.25, 0.3) is 0 Å². The number of aryl methyl sites for hydroxylation is 2. The molecule has 0 aliphatic rings. The highest BCUT2D eigenvalue weighted by Crippen LogP contribution is 2.11. The number of aromatic nitrogens is 2. The number of imidazole rings is 1. The fourth-order valence-corrected chi connectivity index (χ4v) is 2.38. The number of aromatic amines is 1. The van der Waals surface area contributed by atoms with E-state index in [4.69, 9.17) is 12.2 Å². The molecule has 2 rings (SSSR count). The van der Waals surface area contributed by atoms with Crippen molar-refractivity contribution < 1.29 is 0 Å². The predicted octanol–water partition coefficient (Wildman–Crippen LogP) is 3.24. The Morgan fingerprint density at radius 2 is 2.43 bits per heavy atom. The summed E-state index contributed by atoms with van der Waals surface area (Å²) in [6.07, 6.45) is 6.17. The molecule has 0 saturated heterocycles. The summed E-state index contributed by atoms with van der Waals surface area (Å²) >= 11 is 6.93. The molecule has 2 nitrogen and oxygen atoms in total. The zero-order valence-corrected chi connectivity index (χ0v) is 9.40. The van der Waals surface area contributed by atoms with Gasteiger partial charge in [-0.05, 0) is 36.5 Å². The third kappa shape index (κ3) is 2.33. The zero-order chi connectivity index (χ0) is 9.80. The second-order valence-corrected chi connectivity index (χ2v) is 4.56. The Kier molecular flexibility index (Phi) is 3.16. The lowest BCUT2D eigenvalue weighted by atomic mass is 10.2. The Hall–Kier alpha value is -0.870. The normalized spacial score (nSPS) is 10.6. The first-order valence-corrected chi connectivity index (χ1v) is 5.91. The van der Waals surface area contributed by atoms with Crippen molar-refractivity contribution >= 4 is 23.6 Å². The van der Waals surface area contributed by atoms with Gasteiger partial charge >= 0.3 is 0 Å². The summed E-state index contributed by atoms with van der Waals surface area (Å²) in [6, 6.07) is 4.28. The summed E-state index contributed by atoms with van der Waals surface area (Å²) in [5, 5.41) is 2.12. The number of H-pyrrole nitrogens is 1. The largest absolute Gasteiger partial charge is 0.337 e. The second kappa shape index (κ2) is 4.57. The number of hydrogen-bond donors (Lipinski definition) is 1. The molecule has 0 amide bonds. The van der Waals surface area contributed by atoms with Gasteiger partial charge in [-0.15, -0.1) is 11.3 Å². The third-order valence-corrected chi connectivity index (χ3v) is 3.41. The molecule has 0 saturated carbocycles. The molecular formula is C10H12N2S2. The van der Waals surface area contributed by atoms with E-state index in [-0.39, 0.29) is 0 Å². The summed E-state index contributed by atoms with van der Waals surface area (Å²) < 4.78 is 2.89. The Labute approximate surface area is 92.2 Å². The van der Waals surface area contributed by atoms with E-state index in [1.807, 2.05) is 23.7 Å². The van der Waals surface area contributed by atoms with Crippen LogP contribution in [0.15, 0.2) is 29.9 Å². The van der Waals surface area contributed by atoms with Crippen molar-refractivity contribution in [2.45, 2.75) is 19.4 Å². The number of thiophene rings is 1. The topological polar surface area (TPSA) is 20.7 Å². The molecule has 2 aromatic heterocycles. The summed E-state index contributed by atoms with van der Waals surface area (Å²) in [5.41, 5.74) is 0. The van der Waals surface area contributed by atoms with E-state index >= 15 is 0 Å². The first-order valence-electron chi connectivity index (χ1n) is 4.62. The van der Waals surface area contributed by atoms with Gasteiger partial charge in [0.1, 0.15) is 0 Å². The maximum absolute atomic E-state index is 5.11. The molecule has 0 bridgehead atoms. The molecule has 0 atom stereocenters. The fraction of sp³-hybridized carbons (Fsp3) is 0.300. The fourth-order valence-electron chi connectivity index (χ4n) is 1.40. The summed E-state index contributed by atoms with van der Waals surface area (Å²) in [4.78, 5) is 4.44. The smallest absolute Gasteiger partial charge is 0.177 e. The third-order valence-electron chi connectivity index (χ3n) is 2.12. The van der Waals surface area contributed by atoms with E-state index in [0.717, 1.165) is 24.2 Å². The summed E-state index contributed by atoms with van der Waals surface area (Å²) in [7, 11) is 0. The Balaban J connectivity index is 1.84. The van der Waals surface area contributed by atoms with Crippen LogP contribution in [0, 0.1) is 4.77 Å². The first kappa shape index (κ1) is 9.68. The van der Waals surface area contributed by atoms with Crippen molar-refractivity contribution in [3.05, 3.63) is 39.6 Å². The molecule has 1 N–H and O–H groups in total. The van der Waals surface area contributed by atoms with Gasteiger partial charge in [-0.1, -0.05) is 6.07 Å². The van der Waals surface area contributed by atoms with Gasteiger partial charge in [-0.25, -0.2) is 0 Å². The number of rotatable bonds is 4. The molecular weight excluding hydrogens is 212 g/mol. The molecule has 2 aromatic rings. The van der Waals surface area contributed by atoms with Gasteiger partial charge < -0.3 is 9.55 Å². The van der Waals surface area contributed by atoms with E-state index in [9.17, 15) is 0 Å². The van der Waals surface area contributed by atoms with Crippen molar-refractivity contribution in [3.63, 3.8) is 0 Å². The van der Waals surface area contributed by atoms with Crippen LogP contribution in [-0.4, -0.2) is 9.55 Å². The molecule has 0 aliphatic carbocycles. The maximum atomic E-state index is 5.11. The van der Waals surface area contributed by atoms with Crippen molar-refractivity contribution in [1.29, 1.82) is 0 Å². The standard InChI is InChI=1S/C10H12N2S2/c13-10-11-5-7-12(10)6-1-3-9-4-2-8-14-9/h2,4-5,7-8H,1,3,6H2,(H,11,13). The van der Waals surface area contributed by atoms with Crippen molar-refractivity contribution in [3.8, 4) is 0 Å². The molecule has 0 aliphatic heterocycles. The number of nitrogens with zero attached hydrogens (tertiary/aromatic N) is 1. The molecule has 0 unspecified atom stereocenters. The van der Waals surface area contributed by atoms with Crippen LogP contribution >= 0.6 is 23.6 Å². The predicted molar refractivity (Wildman–Crippen MR) is 62.3 cm³/mol. The highest BCUT2D eigenvalue weighted by atomic mass is 32.1. The minimum atomic E-state index is 0.816. The van der Waals surface area contributed by atoms with Crippen LogP contribution in [0.3, 0.4) is 0 Å². The van der Waals surface area contributed by atoms with Crippen LogP contribution < -0.4 is 0 Å². The van der Waals surface area contributed by atoms with Gasteiger partial charge in [-0.3, -0.25) is 0 Å². The second-order valence-electron chi connectivity index (χ2n) is 3.14. The van der Waals surface area contributed by atoms with Gasteiger partial charge in [0.25, 0.3) is 0 Å². The van der Waals surface area contributed by atoms with Gasteiger partial charge in [-0.2, -0.15) is 0 Å². The monoisotopic (exact) mass is 224 g/mol. The molecule has 14 heavy (non-hydrogen) atoms. The first-order chi connectivity index (χ1) is 6.86. The van der Waals surface area contributed by atoms with E-state index in [2.05, 4.69) is 27.1 Å². The minimum absolute atomic E-state index is 0.816. The van der Waals surface area contributed by atoms with E-state index in [1.165, 1.54) is 4.88 Å². The van der Waals surface area contributed by atoms with E-state index < -0.39 is 0 Å². The lowest BCUT2D eigenvalue weighted by Gasteiger charge is -2.00. The van der Waals surface area contributed by atoms with Gasteiger partial charge in [0.2, 0.25) is 0 Å². The quantitative estimate of drug-likeness (QED) is 0.791. The average molecular weight is 224 g/mol. The Morgan fingerprint density at radius 3 is 3.07 bits per heavy atom. The molecule has 74 valence electrons. The van der Waals surface area contributed by atoms with E-state index in [0.29, 0.717) is 0 Å². The van der Waals surface area contributed by atoms with Crippen molar-refractivity contribution in [1.82, 2.24) is 9.55 Å². The van der Waals surface area contributed by atoms with E-state index in [1.54, 1.807) is 0 Å². The van der Waals surface area contributed by atoms with Gasteiger partial charge in [0, 0.05) is 23.8 Å². The molecule has 4 heteroatoms. The minimum Gasteiger partial charge on any atom is -0.337 e. The van der Waals surface area contributed by atoms with Crippen LogP contribution in [-0.2, 0) is 13.0 Å². The number of nitrogens with one attached hydrogen (secondary N) is 1. The lowest BCUT2D eigenvalue weighted by molar-refractivity contribution is 0.638. The highest BCUT2D eigenvalue weighted by Gasteiger charge is 1.95. The molecule has 0 aromatic carbocycles. The molecule has 0 radical (unpaired) electrons. The van der Waals surface area contributed by atoms with Crippen LogP contribution in [0.1, 0.15) is 11.3 Å². The van der Waals surface area contributed by atoms with Crippen LogP contribution in [0.2, 0.25) is 0 Å².